The van der Waals surface area contributed by atoms with Crippen molar-refractivity contribution in [2.24, 2.45) is 11.8 Å². The van der Waals surface area contributed by atoms with Crippen molar-refractivity contribution in [3.05, 3.63) is 28.3 Å². The van der Waals surface area contributed by atoms with Gasteiger partial charge < -0.3 is 10.2 Å². The molecule has 1 aromatic carbocycles. The van der Waals surface area contributed by atoms with E-state index in [-0.39, 0.29) is 10.6 Å². The summed E-state index contributed by atoms with van der Waals surface area (Å²) in [6.45, 7) is 6.12. The van der Waals surface area contributed by atoms with Gasteiger partial charge in [0.15, 0.2) is 0 Å². The van der Waals surface area contributed by atoms with Gasteiger partial charge in [0.25, 0.3) is 5.69 Å². The first-order valence-corrected chi connectivity index (χ1v) is 7.25. The summed E-state index contributed by atoms with van der Waals surface area (Å²) in [5.74, 6) is 1.51. The number of nitro groups is 1. The minimum absolute atomic E-state index is 0.150. The fourth-order valence-corrected chi connectivity index (χ4v) is 2.40. The van der Waals surface area contributed by atoms with Gasteiger partial charge in [-0.1, -0.05) is 13.8 Å². The van der Waals surface area contributed by atoms with Crippen LogP contribution in [0.5, 0.6) is 0 Å². The highest BCUT2D eigenvalue weighted by Gasteiger charge is 2.33. The summed E-state index contributed by atoms with van der Waals surface area (Å²) in [6.07, 6.45) is 2.26. The fourth-order valence-electron chi connectivity index (χ4n) is 2.40. The molecular weight excluding hydrogens is 254 g/mol. The molecule has 0 aliphatic heterocycles. The molecule has 2 unspecified atom stereocenters. The SMILES string of the molecule is CCCNc1cc(N(C)CC2CC2C)cc([N+](=O)[O-])c1. The van der Waals surface area contributed by atoms with Gasteiger partial charge >= 0.3 is 0 Å². The van der Waals surface area contributed by atoms with Crippen LogP contribution in [0.2, 0.25) is 0 Å². The second-order valence-corrected chi connectivity index (χ2v) is 5.78. The molecule has 0 aromatic heterocycles. The van der Waals surface area contributed by atoms with Crippen molar-refractivity contribution in [1.82, 2.24) is 0 Å². The second-order valence-electron chi connectivity index (χ2n) is 5.78. The summed E-state index contributed by atoms with van der Waals surface area (Å²) >= 11 is 0. The van der Waals surface area contributed by atoms with Gasteiger partial charge in [0.05, 0.1) is 4.92 Å². The molecule has 1 aromatic rings. The minimum atomic E-state index is -0.325. The molecule has 0 amide bonds. The number of nitro benzene ring substituents is 1. The van der Waals surface area contributed by atoms with Crippen molar-refractivity contribution in [3.63, 3.8) is 0 Å². The number of anilines is 2. The van der Waals surface area contributed by atoms with E-state index in [0.29, 0.717) is 0 Å². The molecule has 0 spiro atoms. The van der Waals surface area contributed by atoms with Gasteiger partial charge in [-0.25, -0.2) is 0 Å². The van der Waals surface area contributed by atoms with Gasteiger partial charge in [-0.05, 0) is 30.7 Å². The molecule has 0 radical (unpaired) electrons. The monoisotopic (exact) mass is 277 g/mol. The van der Waals surface area contributed by atoms with Crippen LogP contribution in [-0.2, 0) is 0 Å². The Morgan fingerprint density at radius 2 is 2.15 bits per heavy atom. The molecule has 1 N–H and O–H groups in total. The van der Waals surface area contributed by atoms with E-state index in [1.54, 1.807) is 12.1 Å². The Morgan fingerprint density at radius 3 is 2.70 bits per heavy atom. The van der Waals surface area contributed by atoms with Crippen LogP contribution >= 0.6 is 0 Å². The number of nitrogens with one attached hydrogen (secondary N) is 1. The van der Waals surface area contributed by atoms with Crippen LogP contribution in [0.4, 0.5) is 17.1 Å². The summed E-state index contributed by atoms with van der Waals surface area (Å²) in [5.41, 5.74) is 1.89. The highest BCUT2D eigenvalue weighted by atomic mass is 16.6. The lowest BCUT2D eigenvalue weighted by molar-refractivity contribution is -0.384. The number of rotatable bonds is 7. The molecule has 2 rings (SSSR count). The normalized spacial score (nSPS) is 20.6. The quantitative estimate of drug-likeness (QED) is 0.612. The smallest absolute Gasteiger partial charge is 0.273 e. The predicted octanol–water partition coefficient (Wildman–Crippen LogP) is 3.51. The minimum Gasteiger partial charge on any atom is -0.385 e. The molecule has 2 atom stereocenters. The van der Waals surface area contributed by atoms with Crippen molar-refractivity contribution in [2.45, 2.75) is 26.7 Å². The van der Waals surface area contributed by atoms with Crippen LogP contribution in [0.1, 0.15) is 26.7 Å². The van der Waals surface area contributed by atoms with Gasteiger partial charge in [-0.2, -0.15) is 0 Å². The van der Waals surface area contributed by atoms with Crippen LogP contribution in [0, 0.1) is 22.0 Å². The van der Waals surface area contributed by atoms with Gasteiger partial charge in [-0.15, -0.1) is 0 Å². The van der Waals surface area contributed by atoms with Gasteiger partial charge in [0, 0.05) is 43.6 Å². The molecule has 0 heterocycles. The van der Waals surface area contributed by atoms with Crippen molar-refractivity contribution in [3.8, 4) is 0 Å². The van der Waals surface area contributed by atoms with E-state index in [1.807, 2.05) is 13.1 Å². The molecule has 110 valence electrons. The summed E-state index contributed by atoms with van der Waals surface area (Å²) in [7, 11) is 2.01. The Labute approximate surface area is 120 Å². The van der Waals surface area contributed by atoms with E-state index in [2.05, 4.69) is 24.1 Å². The number of hydrogen-bond acceptors (Lipinski definition) is 4. The lowest BCUT2D eigenvalue weighted by Crippen LogP contribution is -2.20. The molecule has 1 aliphatic carbocycles. The number of nitrogens with zero attached hydrogens (tertiary/aromatic N) is 2. The van der Waals surface area contributed by atoms with E-state index >= 15 is 0 Å². The van der Waals surface area contributed by atoms with Crippen LogP contribution < -0.4 is 10.2 Å². The Morgan fingerprint density at radius 1 is 1.45 bits per heavy atom. The standard InChI is InChI=1S/C15H23N3O2/c1-4-5-16-13-7-14(9-15(8-13)18(19)20)17(3)10-12-6-11(12)2/h7-9,11-12,16H,4-6,10H2,1-3H3. The summed E-state index contributed by atoms with van der Waals surface area (Å²) in [4.78, 5) is 12.8. The summed E-state index contributed by atoms with van der Waals surface area (Å²) in [5, 5.41) is 14.3. The van der Waals surface area contributed by atoms with E-state index < -0.39 is 0 Å². The van der Waals surface area contributed by atoms with Crippen LogP contribution in [0.3, 0.4) is 0 Å². The Kier molecular flexibility index (Phi) is 4.47. The molecule has 1 saturated carbocycles. The first-order valence-electron chi connectivity index (χ1n) is 7.25. The topological polar surface area (TPSA) is 58.4 Å². The predicted molar refractivity (Wildman–Crippen MR) is 82.4 cm³/mol. The second kappa shape index (κ2) is 6.11. The zero-order valence-electron chi connectivity index (χ0n) is 12.4. The third kappa shape index (κ3) is 3.62. The molecule has 1 aliphatic rings. The van der Waals surface area contributed by atoms with Crippen LogP contribution in [-0.4, -0.2) is 25.1 Å². The Bertz CT molecular complexity index is 490. The maximum atomic E-state index is 11.0. The van der Waals surface area contributed by atoms with E-state index in [0.717, 1.165) is 42.7 Å². The molecule has 20 heavy (non-hydrogen) atoms. The first-order chi connectivity index (χ1) is 9.51. The highest BCUT2D eigenvalue weighted by molar-refractivity contribution is 5.64. The van der Waals surface area contributed by atoms with Crippen molar-refractivity contribution in [1.29, 1.82) is 0 Å². The average molecular weight is 277 g/mol. The highest BCUT2D eigenvalue weighted by Crippen LogP contribution is 2.39. The maximum Gasteiger partial charge on any atom is 0.273 e. The van der Waals surface area contributed by atoms with Gasteiger partial charge in [0.1, 0.15) is 0 Å². The Balaban J connectivity index is 2.16. The van der Waals surface area contributed by atoms with E-state index in [4.69, 9.17) is 0 Å². The lowest BCUT2D eigenvalue weighted by atomic mass is 10.2. The molecule has 1 fully saturated rings. The van der Waals surface area contributed by atoms with Crippen LogP contribution in [0.25, 0.3) is 0 Å². The lowest BCUT2D eigenvalue weighted by Gasteiger charge is -2.20. The number of non-ortho nitro benzene ring substituents is 1. The van der Waals surface area contributed by atoms with Crippen molar-refractivity contribution >= 4 is 17.1 Å². The van der Waals surface area contributed by atoms with Gasteiger partial charge in [0.2, 0.25) is 0 Å². The van der Waals surface area contributed by atoms with E-state index in [9.17, 15) is 10.1 Å². The fraction of sp³-hybridized carbons (Fsp3) is 0.600. The first kappa shape index (κ1) is 14.6. The third-order valence-electron chi connectivity index (χ3n) is 3.92. The van der Waals surface area contributed by atoms with Crippen LogP contribution in [0.15, 0.2) is 18.2 Å². The number of benzene rings is 1. The molecular formula is C15H23N3O2. The Hall–Kier alpha value is -1.78. The molecule has 0 saturated heterocycles. The molecule has 5 nitrogen and oxygen atoms in total. The summed E-state index contributed by atoms with van der Waals surface area (Å²) < 4.78 is 0. The van der Waals surface area contributed by atoms with Crippen molar-refractivity contribution < 1.29 is 4.92 Å². The molecule has 0 bridgehead atoms. The zero-order chi connectivity index (χ0) is 14.7. The van der Waals surface area contributed by atoms with Gasteiger partial charge in [-0.3, -0.25) is 10.1 Å². The largest absolute Gasteiger partial charge is 0.385 e. The zero-order valence-corrected chi connectivity index (χ0v) is 12.4. The average Bonchev–Trinajstić information content (AvgIpc) is 3.11. The van der Waals surface area contributed by atoms with E-state index in [1.165, 1.54) is 6.42 Å². The summed E-state index contributed by atoms with van der Waals surface area (Å²) in [6, 6.07) is 5.26. The molecule has 5 heteroatoms. The van der Waals surface area contributed by atoms with Crippen molar-refractivity contribution in [2.75, 3.05) is 30.4 Å². The third-order valence-corrected chi connectivity index (χ3v) is 3.92. The number of hydrogen-bond donors (Lipinski definition) is 1. The maximum absolute atomic E-state index is 11.0.